The molecule has 9 nitrogen and oxygen atoms in total. The summed E-state index contributed by atoms with van der Waals surface area (Å²) in [5.41, 5.74) is 11.8. The summed E-state index contributed by atoms with van der Waals surface area (Å²) in [6.45, 7) is 6.35. The first-order chi connectivity index (χ1) is 17.5. The molecule has 0 aliphatic rings. The largest absolute Gasteiger partial charge is 0.492 e. The smallest absolute Gasteiger partial charge is 0.158 e. The first kappa shape index (κ1) is 22.9. The van der Waals surface area contributed by atoms with E-state index in [1.807, 2.05) is 57.2 Å². The first-order valence-electron chi connectivity index (χ1n) is 11.6. The van der Waals surface area contributed by atoms with Gasteiger partial charge in [0, 0.05) is 29.4 Å². The maximum absolute atomic E-state index is 9.98. The van der Waals surface area contributed by atoms with E-state index in [9.17, 15) is 5.26 Å². The molecule has 0 saturated carbocycles. The monoisotopic (exact) mass is 479 g/mol. The standard InChI is InChI=1S/C27H25N7O2/c1-4-22-20(14-28)27(19-12-21(29)25(35-5-2)13-23(19)33-22)32-17-6-7-24(16(3)10-17)36-18-8-9-34-26(11-18)30-15-31-34/h6-13,15H,4-5,29H2,1-3H3,(H,32,33). The van der Waals surface area contributed by atoms with Crippen LogP contribution in [-0.2, 0) is 6.42 Å². The molecule has 3 aromatic heterocycles. The van der Waals surface area contributed by atoms with Gasteiger partial charge in [-0.2, -0.15) is 10.4 Å². The molecule has 2 aromatic carbocycles. The van der Waals surface area contributed by atoms with Crippen LogP contribution in [0.25, 0.3) is 16.6 Å². The van der Waals surface area contributed by atoms with E-state index >= 15 is 0 Å². The summed E-state index contributed by atoms with van der Waals surface area (Å²) in [4.78, 5) is 8.91. The van der Waals surface area contributed by atoms with Gasteiger partial charge in [0.25, 0.3) is 0 Å². The molecule has 0 fully saturated rings. The number of pyridine rings is 2. The van der Waals surface area contributed by atoms with Crippen LogP contribution in [0.2, 0.25) is 0 Å². The van der Waals surface area contributed by atoms with Gasteiger partial charge >= 0.3 is 0 Å². The van der Waals surface area contributed by atoms with Gasteiger partial charge in [0.15, 0.2) is 5.65 Å². The van der Waals surface area contributed by atoms with Gasteiger partial charge in [-0.15, -0.1) is 0 Å². The maximum atomic E-state index is 9.98. The summed E-state index contributed by atoms with van der Waals surface area (Å²) < 4.78 is 13.4. The van der Waals surface area contributed by atoms with Crippen molar-refractivity contribution in [2.24, 2.45) is 0 Å². The van der Waals surface area contributed by atoms with Crippen LogP contribution in [0.5, 0.6) is 17.2 Å². The maximum Gasteiger partial charge on any atom is 0.158 e. The average molecular weight is 480 g/mol. The number of nitrogens with one attached hydrogen (secondary N) is 1. The Morgan fingerprint density at radius 2 is 1.97 bits per heavy atom. The third kappa shape index (κ3) is 4.20. The van der Waals surface area contributed by atoms with Crippen molar-refractivity contribution in [1.82, 2.24) is 19.6 Å². The molecule has 0 unspecified atom stereocenters. The minimum absolute atomic E-state index is 0.493. The van der Waals surface area contributed by atoms with Gasteiger partial charge in [0.1, 0.15) is 29.6 Å². The number of hydrogen-bond donors (Lipinski definition) is 2. The number of nitrogens with two attached hydrogens (primary N) is 1. The Balaban J connectivity index is 1.51. The molecule has 3 N–H and O–H groups in total. The van der Waals surface area contributed by atoms with Gasteiger partial charge in [-0.1, -0.05) is 6.92 Å². The fourth-order valence-corrected chi connectivity index (χ4v) is 4.12. The van der Waals surface area contributed by atoms with Crippen LogP contribution >= 0.6 is 0 Å². The number of benzene rings is 2. The Hall–Kier alpha value is -4.84. The molecule has 0 spiro atoms. The molecule has 3 heterocycles. The highest BCUT2D eigenvalue weighted by atomic mass is 16.5. The van der Waals surface area contributed by atoms with Crippen LogP contribution < -0.4 is 20.5 Å². The number of nitriles is 1. The van der Waals surface area contributed by atoms with Gasteiger partial charge in [0.05, 0.1) is 34.8 Å². The second-order valence-corrected chi connectivity index (χ2v) is 8.25. The molecular formula is C27H25N7O2. The number of nitrogens with zero attached hydrogens (tertiary/aromatic N) is 5. The normalized spacial score (nSPS) is 10.9. The molecule has 5 aromatic rings. The highest BCUT2D eigenvalue weighted by Gasteiger charge is 2.17. The van der Waals surface area contributed by atoms with Crippen LogP contribution in [0.1, 0.15) is 30.7 Å². The molecule has 5 rings (SSSR count). The van der Waals surface area contributed by atoms with E-state index < -0.39 is 0 Å². The van der Waals surface area contributed by atoms with E-state index in [1.54, 1.807) is 16.8 Å². The third-order valence-electron chi connectivity index (χ3n) is 5.86. The van der Waals surface area contributed by atoms with Crippen LogP contribution in [0.15, 0.2) is 55.0 Å². The third-order valence-corrected chi connectivity index (χ3v) is 5.86. The Labute approximate surface area is 208 Å². The van der Waals surface area contributed by atoms with E-state index in [1.165, 1.54) is 6.33 Å². The lowest BCUT2D eigenvalue weighted by molar-refractivity contribution is 0.342. The Kier molecular flexibility index (Phi) is 6.00. The zero-order chi connectivity index (χ0) is 25.2. The average Bonchev–Trinajstić information content (AvgIpc) is 3.34. The summed E-state index contributed by atoms with van der Waals surface area (Å²) in [5.74, 6) is 1.96. The van der Waals surface area contributed by atoms with E-state index in [0.717, 1.165) is 16.6 Å². The van der Waals surface area contributed by atoms with Gasteiger partial charge in [0.2, 0.25) is 0 Å². The zero-order valence-electron chi connectivity index (χ0n) is 20.2. The van der Waals surface area contributed by atoms with Gasteiger partial charge in [-0.25, -0.2) is 9.50 Å². The number of nitrogen functional groups attached to an aromatic ring is 1. The highest BCUT2D eigenvalue weighted by Crippen LogP contribution is 2.37. The summed E-state index contributed by atoms with van der Waals surface area (Å²) in [5, 5.41) is 18.3. The lowest BCUT2D eigenvalue weighted by atomic mass is 10.0. The van der Waals surface area contributed by atoms with E-state index in [2.05, 4.69) is 21.5 Å². The number of fused-ring (bicyclic) bond motifs is 2. The Bertz CT molecular complexity index is 1640. The van der Waals surface area contributed by atoms with Gasteiger partial charge < -0.3 is 20.5 Å². The van der Waals surface area contributed by atoms with Gasteiger partial charge in [-0.05, 0) is 56.2 Å². The molecule has 0 aliphatic heterocycles. The summed E-state index contributed by atoms with van der Waals surface area (Å²) in [6, 6.07) is 15.4. The van der Waals surface area contributed by atoms with Crippen LogP contribution in [0, 0.1) is 18.3 Å². The van der Waals surface area contributed by atoms with Gasteiger partial charge in [-0.3, -0.25) is 4.98 Å². The number of aryl methyl sites for hydroxylation is 2. The van der Waals surface area contributed by atoms with Crippen LogP contribution in [0.4, 0.5) is 17.1 Å². The van der Waals surface area contributed by atoms with Crippen molar-refractivity contribution < 1.29 is 9.47 Å². The molecule has 0 radical (unpaired) electrons. The van der Waals surface area contributed by atoms with Crippen molar-refractivity contribution in [3.8, 4) is 23.3 Å². The zero-order valence-corrected chi connectivity index (χ0v) is 20.2. The quantitative estimate of drug-likeness (QED) is 0.292. The van der Waals surface area contributed by atoms with E-state index in [-0.39, 0.29) is 0 Å². The number of anilines is 3. The molecule has 0 saturated heterocycles. The Morgan fingerprint density at radius 3 is 2.72 bits per heavy atom. The first-order valence-corrected chi connectivity index (χ1v) is 11.6. The predicted octanol–water partition coefficient (Wildman–Crippen LogP) is 5.54. The van der Waals surface area contributed by atoms with Crippen molar-refractivity contribution in [2.45, 2.75) is 27.2 Å². The molecule has 0 aliphatic carbocycles. The summed E-state index contributed by atoms with van der Waals surface area (Å²) in [6.07, 6.45) is 3.91. The van der Waals surface area contributed by atoms with Crippen molar-refractivity contribution in [3.63, 3.8) is 0 Å². The molecule has 0 bridgehead atoms. The fraction of sp³-hybridized carbons (Fsp3) is 0.185. The molecule has 180 valence electrons. The number of rotatable bonds is 7. The lowest BCUT2D eigenvalue weighted by Crippen LogP contribution is -2.04. The van der Waals surface area contributed by atoms with Crippen molar-refractivity contribution in [3.05, 3.63) is 71.8 Å². The van der Waals surface area contributed by atoms with E-state index in [0.29, 0.717) is 64.1 Å². The molecular weight excluding hydrogens is 454 g/mol. The van der Waals surface area contributed by atoms with E-state index in [4.69, 9.17) is 20.2 Å². The second kappa shape index (κ2) is 9.43. The van der Waals surface area contributed by atoms with Crippen LogP contribution in [0.3, 0.4) is 0 Å². The van der Waals surface area contributed by atoms with Crippen molar-refractivity contribution >= 4 is 33.6 Å². The Morgan fingerprint density at radius 1 is 1.11 bits per heavy atom. The lowest BCUT2D eigenvalue weighted by Gasteiger charge is -2.17. The number of ether oxygens (including phenoxy) is 2. The van der Waals surface area contributed by atoms with Crippen LogP contribution in [-0.4, -0.2) is 26.2 Å². The van der Waals surface area contributed by atoms with Crippen molar-refractivity contribution in [2.75, 3.05) is 17.7 Å². The molecule has 9 heteroatoms. The fourth-order valence-electron chi connectivity index (χ4n) is 4.12. The number of aromatic nitrogens is 4. The van der Waals surface area contributed by atoms with Crippen molar-refractivity contribution in [1.29, 1.82) is 5.26 Å². The predicted molar refractivity (Wildman–Crippen MR) is 139 cm³/mol. The SMILES string of the molecule is CCOc1cc2nc(CC)c(C#N)c(Nc3ccc(Oc4ccn5ncnc5c4)c(C)c3)c2cc1N. The topological polar surface area (TPSA) is 123 Å². The molecule has 0 amide bonds. The number of hydrogen-bond acceptors (Lipinski definition) is 8. The minimum atomic E-state index is 0.493. The molecule has 0 atom stereocenters. The minimum Gasteiger partial charge on any atom is -0.492 e. The highest BCUT2D eigenvalue weighted by molar-refractivity contribution is 5.99. The second-order valence-electron chi connectivity index (χ2n) is 8.25. The molecule has 36 heavy (non-hydrogen) atoms. The summed E-state index contributed by atoms with van der Waals surface area (Å²) >= 11 is 0. The summed E-state index contributed by atoms with van der Waals surface area (Å²) in [7, 11) is 0.